The van der Waals surface area contributed by atoms with Gasteiger partial charge >= 0.3 is 0 Å². The van der Waals surface area contributed by atoms with Crippen LogP contribution >= 0.6 is 0 Å². The lowest BCUT2D eigenvalue weighted by molar-refractivity contribution is 0.480. The van der Waals surface area contributed by atoms with Crippen LogP contribution in [-0.2, 0) is 19.6 Å². The normalized spacial score (nSPS) is 10.9. The SMILES string of the molecule is CCn1nc(CNCc2ccco2)c(-c2ccccc2)n1. The number of hydrogen-bond acceptors (Lipinski definition) is 4. The van der Waals surface area contributed by atoms with Gasteiger partial charge in [0.15, 0.2) is 0 Å². The molecule has 0 aliphatic heterocycles. The van der Waals surface area contributed by atoms with Gasteiger partial charge in [0.25, 0.3) is 0 Å². The molecule has 0 radical (unpaired) electrons. The van der Waals surface area contributed by atoms with Crippen LogP contribution in [0.15, 0.2) is 53.1 Å². The molecule has 0 amide bonds. The molecule has 0 bridgehead atoms. The standard InChI is InChI=1S/C16H18N4O/c1-2-20-18-15(12-17-11-14-9-6-10-21-14)16(19-20)13-7-4-3-5-8-13/h3-10,17H,2,11-12H2,1H3. The maximum atomic E-state index is 5.31. The third kappa shape index (κ3) is 3.20. The first-order valence-corrected chi connectivity index (χ1v) is 7.09. The molecule has 1 aromatic carbocycles. The molecular weight excluding hydrogens is 264 g/mol. The second-order valence-electron chi connectivity index (χ2n) is 4.73. The molecule has 0 aliphatic carbocycles. The van der Waals surface area contributed by atoms with E-state index >= 15 is 0 Å². The summed E-state index contributed by atoms with van der Waals surface area (Å²) < 4.78 is 5.31. The number of nitrogens with one attached hydrogen (secondary N) is 1. The zero-order chi connectivity index (χ0) is 14.5. The van der Waals surface area contributed by atoms with Gasteiger partial charge in [0.1, 0.15) is 17.1 Å². The number of rotatable bonds is 6. The summed E-state index contributed by atoms with van der Waals surface area (Å²) >= 11 is 0. The van der Waals surface area contributed by atoms with E-state index in [1.807, 2.05) is 37.3 Å². The summed E-state index contributed by atoms with van der Waals surface area (Å²) in [6.45, 7) is 4.14. The summed E-state index contributed by atoms with van der Waals surface area (Å²) in [4.78, 5) is 1.73. The Labute approximate surface area is 123 Å². The fourth-order valence-electron chi connectivity index (χ4n) is 2.18. The molecule has 5 nitrogen and oxygen atoms in total. The van der Waals surface area contributed by atoms with Crippen molar-refractivity contribution in [1.82, 2.24) is 20.3 Å². The minimum absolute atomic E-state index is 0.658. The second-order valence-corrected chi connectivity index (χ2v) is 4.73. The monoisotopic (exact) mass is 282 g/mol. The molecule has 3 aromatic rings. The lowest BCUT2D eigenvalue weighted by Gasteiger charge is -2.02. The molecule has 21 heavy (non-hydrogen) atoms. The van der Waals surface area contributed by atoms with E-state index in [0.717, 1.165) is 29.3 Å². The first-order valence-electron chi connectivity index (χ1n) is 7.09. The fraction of sp³-hybridized carbons (Fsp3) is 0.250. The van der Waals surface area contributed by atoms with Crippen LogP contribution in [0.3, 0.4) is 0 Å². The molecule has 0 unspecified atom stereocenters. The Morgan fingerprint density at radius 2 is 1.90 bits per heavy atom. The van der Waals surface area contributed by atoms with Crippen LogP contribution in [0.1, 0.15) is 18.4 Å². The molecular formula is C16H18N4O. The lowest BCUT2D eigenvalue weighted by Crippen LogP contribution is -2.13. The first kappa shape index (κ1) is 13.6. The van der Waals surface area contributed by atoms with Crippen LogP contribution in [0.2, 0.25) is 0 Å². The molecule has 0 fully saturated rings. The summed E-state index contributed by atoms with van der Waals surface area (Å²) in [5, 5.41) is 12.4. The average molecular weight is 282 g/mol. The Morgan fingerprint density at radius 3 is 2.62 bits per heavy atom. The highest BCUT2D eigenvalue weighted by Gasteiger charge is 2.12. The Morgan fingerprint density at radius 1 is 1.05 bits per heavy atom. The molecule has 108 valence electrons. The highest BCUT2D eigenvalue weighted by molar-refractivity contribution is 5.60. The summed E-state index contributed by atoms with van der Waals surface area (Å²) in [5.74, 6) is 0.916. The van der Waals surface area contributed by atoms with Gasteiger partial charge in [-0.05, 0) is 19.1 Å². The zero-order valence-electron chi connectivity index (χ0n) is 12.0. The summed E-state index contributed by atoms with van der Waals surface area (Å²) in [6.07, 6.45) is 1.68. The van der Waals surface area contributed by atoms with E-state index < -0.39 is 0 Å². The van der Waals surface area contributed by atoms with Gasteiger partial charge in [0.2, 0.25) is 0 Å². The highest BCUT2D eigenvalue weighted by Crippen LogP contribution is 2.19. The largest absolute Gasteiger partial charge is 0.468 e. The fourth-order valence-corrected chi connectivity index (χ4v) is 2.18. The van der Waals surface area contributed by atoms with E-state index in [4.69, 9.17) is 4.42 Å². The summed E-state index contributed by atoms with van der Waals surface area (Å²) in [6, 6.07) is 14.0. The van der Waals surface area contributed by atoms with Crippen molar-refractivity contribution in [2.75, 3.05) is 0 Å². The summed E-state index contributed by atoms with van der Waals surface area (Å²) in [7, 11) is 0. The van der Waals surface area contributed by atoms with E-state index in [-0.39, 0.29) is 0 Å². The third-order valence-electron chi connectivity index (χ3n) is 3.23. The molecule has 0 atom stereocenters. The predicted octanol–water partition coefficient (Wildman–Crippen LogP) is 2.85. The Balaban J connectivity index is 1.76. The topological polar surface area (TPSA) is 55.9 Å². The second kappa shape index (κ2) is 6.37. The van der Waals surface area contributed by atoms with Crippen molar-refractivity contribution in [2.24, 2.45) is 0 Å². The summed E-state index contributed by atoms with van der Waals surface area (Å²) in [5.41, 5.74) is 2.98. The number of hydrogen-bond donors (Lipinski definition) is 1. The van der Waals surface area contributed by atoms with Gasteiger partial charge in [-0.25, -0.2) is 0 Å². The van der Waals surface area contributed by atoms with Gasteiger partial charge < -0.3 is 9.73 Å². The number of aryl methyl sites for hydroxylation is 1. The van der Waals surface area contributed by atoms with Crippen molar-refractivity contribution >= 4 is 0 Å². The Hall–Kier alpha value is -2.40. The van der Waals surface area contributed by atoms with Crippen LogP contribution < -0.4 is 5.32 Å². The molecule has 2 aromatic heterocycles. The van der Waals surface area contributed by atoms with Crippen molar-refractivity contribution < 1.29 is 4.42 Å². The van der Waals surface area contributed by atoms with Gasteiger partial charge in [-0.15, -0.1) is 0 Å². The van der Waals surface area contributed by atoms with Gasteiger partial charge in [0.05, 0.1) is 19.4 Å². The molecule has 2 heterocycles. The van der Waals surface area contributed by atoms with Gasteiger partial charge in [-0.3, -0.25) is 0 Å². The molecule has 5 heteroatoms. The minimum Gasteiger partial charge on any atom is -0.468 e. The van der Waals surface area contributed by atoms with Crippen LogP contribution in [0.5, 0.6) is 0 Å². The molecule has 0 saturated carbocycles. The van der Waals surface area contributed by atoms with Crippen LogP contribution in [0.25, 0.3) is 11.3 Å². The van der Waals surface area contributed by atoms with Gasteiger partial charge in [-0.1, -0.05) is 30.3 Å². The van der Waals surface area contributed by atoms with Crippen molar-refractivity contribution in [3.8, 4) is 11.3 Å². The van der Waals surface area contributed by atoms with E-state index in [9.17, 15) is 0 Å². The van der Waals surface area contributed by atoms with Gasteiger partial charge in [0, 0.05) is 12.1 Å². The lowest BCUT2D eigenvalue weighted by atomic mass is 10.1. The van der Waals surface area contributed by atoms with Crippen LogP contribution in [0, 0.1) is 0 Å². The van der Waals surface area contributed by atoms with Gasteiger partial charge in [-0.2, -0.15) is 15.0 Å². The molecule has 1 N–H and O–H groups in total. The van der Waals surface area contributed by atoms with Crippen molar-refractivity contribution in [3.63, 3.8) is 0 Å². The number of benzene rings is 1. The minimum atomic E-state index is 0.658. The number of nitrogens with zero attached hydrogens (tertiary/aromatic N) is 3. The van der Waals surface area contributed by atoms with E-state index in [1.165, 1.54) is 0 Å². The zero-order valence-corrected chi connectivity index (χ0v) is 12.0. The molecule has 0 aliphatic rings. The number of aromatic nitrogens is 3. The van der Waals surface area contributed by atoms with Crippen LogP contribution in [0.4, 0.5) is 0 Å². The van der Waals surface area contributed by atoms with Crippen molar-refractivity contribution in [1.29, 1.82) is 0 Å². The Bertz CT molecular complexity index is 674. The first-order chi connectivity index (χ1) is 10.4. The number of furan rings is 1. The average Bonchev–Trinajstić information content (AvgIpc) is 3.18. The van der Waals surface area contributed by atoms with Crippen molar-refractivity contribution in [3.05, 3.63) is 60.2 Å². The third-order valence-corrected chi connectivity index (χ3v) is 3.23. The highest BCUT2D eigenvalue weighted by atomic mass is 16.3. The predicted molar refractivity (Wildman–Crippen MR) is 80.4 cm³/mol. The van der Waals surface area contributed by atoms with Crippen molar-refractivity contribution in [2.45, 2.75) is 26.6 Å². The maximum Gasteiger partial charge on any atom is 0.117 e. The molecule has 3 rings (SSSR count). The molecule has 0 saturated heterocycles. The molecule has 0 spiro atoms. The van der Waals surface area contributed by atoms with Crippen LogP contribution in [-0.4, -0.2) is 15.0 Å². The Kier molecular flexibility index (Phi) is 4.12. The quantitative estimate of drug-likeness (QED) is 0.755. The maximum absolute atomic E-state index is 5.31. The van der Waals surface area contributed by atoms with E-state index in [0.29, 0.717) is 13.1 Å². The van der Waals surface area contributed by atoms with E-state index in [1.54, 1.807) is 11.1 Å². The smallest absolute Gasteiger partial charge is 0.117 e. The van der Waals surface area contributed by atoms with E-state index in [2.05, 4.69) is 27.6 Å².